The normalized spacial score (nSPS) is 19.3. The summed E-state index contributed by atoms with van der Waals surface area (Å²) in [4.78, 5) is 22.4. The Morgan fingerprint density at radius 3 is 2.00 bits per heavy atom. The predicted molar refractivity (Wildman–Crippen MR) is 62.1 cm³/mol. The first-order valence-corrected chi connectivity index (χ1v) is 6.36. The van der Waals surface area contributed by atoms with Crippen LogP contribution in [0.15, 0.2) is 0 Å². The van der Waals surface area contributed by atoms with Gasteiger partial charge in [-0.25, -0.2) is 0 Å². The number of Topliss-reactive ketones (excluding diaryl/α,β-unsaturated/α-hetero) is 1. The van der Waals surface area contributed by atoms with Crippen molar-refractivity contribution < 1.29 is 14.3 Å². The molecule has 1 fully saturated rings. The number of carbonyl (C=O) groups is 2. The van der Waals surface area contributed by atoms with Crippen LogP contribution in [0.3, 0.4) is 0 Å². The van der Waals surface area contributed by atoms with Crippen LogP contribution in [0.25, 0.3) is 0 Å². The number of carbonyl (C=O) groups excluding carboxylic acids is 2. The molecule has 16 heavy (non-hydrogen) atoms. The van der Waals surface area contributed by atoms with Crippen molar-refractivity contribution in [1.29, 1.82) is 0 Å². The van der Waals surface area contributed by atoms with Crippen molar-refractivity contribution in [2.45, 2.75) is 58.3 Å². The van der Waals surface area contributed by atoms with Gasteiger partial charge in [-0.2, -0.15) is 0 Å². The Kier molecular flexibility index (Phi) is 6.12. The first-order valence-electron chi connectivity index (χ1n) is 6.36. The molecule has 0 aromatic carbocycles. The highest BCUT2D eigenvalue weighted by Crippen LogP contribution is 2.22. The lowest BCUT2D eigenvalue weighted by atomic mass is 9.93. The van der Waals surface area contributed by atoms with Crippen LogP contribution in [0.4, 0.5) is 0 Å². The molecule has 1 aliphatic carbocycles. The number of esters is 1. The highest BCUT2D eigenvalue weighted by molar-refractivity contribution is 5.84. The molecular formula is C13H22O3. The third-order valence-corrected chi connectivity index (χ3v) is 3.23. The van der Waals surface area contributed by atoms with Crippen LogP contribution >= 0.6 is 0 Å². The monoisotopic (exact) mass is 226 g/mol. The fourth-order valence-electron chi connectivity index (χ4n) is 2.25. The summed E-state index contributed by atoms with van der Waals surface area (Å²) < 4.78 is 4.77. The van der Waals surface area contributed by atoms with Gasteiger partial charge >= 0.3 is 5.97 Å². The smallest absolute Gasteiger partial charge is 0.303 e. The fourth-order valence-corrected chi connectivity index (χ4v) is 2.25. The molecule has 0 amide bonds. The Hall–Kier alpha value is -0.860. The Balaban J connectivity index is 2.35. The SMILES string of the molecule is CC(=O)OCC(=O)C1CCCCCCCC1. The fraction of sp³-hybridized carbons (Fsp3) is 0.846. The molecule has 0 aromatic rings. The average molecular weight is 226 g/mol. The minimum absolute atomic E-state index is 0.0278. The molecule has 0 N–H and O–H groups in total. The van der Waals surface area contributed by atoms with Crippen LogP contribution < -0.4 is 0 Å². The molecule has 1 rings (SSSR count). The largest absolute Gasteiger partial charge is 0.458 e. The van der Waals surface area contributed by atoms with Crippen molar-refractivity contribution in [3.8, 4) is 0 Å². The van der Waals surface area contributed by atoms with E-state index in [9.17, 15) is 9.59 Å². The molecule has 3 heteroatoms. The summed E-state index contributed by atoms with van der Waals surface area (Å²) >= 11 is 0. The number of hydrogen-bond donors (Lipinski definition) is 0. The van der Waals surface area contributed by atoms with Crippen molar-refractivity contribution in [2.24, 2.45) is 5.92 Å². The maximum absolute atomic E-state index is 11.8. The number of ketones is 1. The van der Waals surface area contributed by atoms with E-state index in [1.54, 1.807) is 0 Å². The molecule has 92 valence electrons. The van der Waals surface area contributed by atoms with Crippen LogP contribution in [-0.2, 0) is 14.3 Å². The van der Waals surface area contributed by atoms with Crippen LogP contribution in [0.5, 0.6) is 0 Å². The minimum atomic E-state index is -0.364. The summed E-state index contributed by atoms with van der Waals surface area (Å²) in [5.74, 6) is -0.133. The van der Waals surface area contributed by atoms with Gasteiger partial charge in [-0.15, -0.1) is 0 Å². The second kappa shape index (κ2) is 7.42. The quantitative estimate of drug-likeness (QED) is 0.695. The van der Waals surface area contributed by atoms with E-state index < -0.39 is 0 Å². The maximum atomic E-state index is 11.8. The second-order valence-electron chi connectivity index (χ2n) is 4.64. The lowest BCUT2D eigenvalue weighted by Gasteiger charge is -2.14. The standard InChI is InChI=1S/C13H22O3/c1-11(14)16-10-13(15)12-8-6-4-2-3-5-7-9-12/h12H,2-10H2,1H3. The van der Waals surface area contributed by atoms with E-state index in [2.05, 4.69) is 0 Å². The van der Waals surface area contributed by atoms with E-state index in [0.717, 1.165) is 25.7 Å². The molecule has 0 unspecified atom stereocenters. The molecule has 1 saturated carbocycles. The third-order valence-electron chi connectivity index (χ3n) is 3.23. The lowest BCUT2D eigenvalue weighted by Crippen LogP contribution is -2.21. The van der Waals surface area contributed by atoms with Crippen LogP contribution in [0.1, 0.15) is 58.3 Å². The van der Waals surface area contributed by atoms with Gasteiger partial charge in [-0.05, 0) is 12.8 Å². The Labute approximate surface area is 97.5 Å². The molecular weight excluding hydrogens is 204 g/mol. The molecule has 0 spiro atoms. The van der Waals surface area contributed by atoms with Gasteiger partial charge < -0.3 is 4.74 Å². The molecule has 0 aromatic heterocycles. The summed E-state index contributed by atoms with van der Waals surface area (Å²) in [7, 11) is 0. The van der Waals surface area contributed by atoms with Crippen molar-refractivity contribution in [1.82, 2.24) is 0 Å². The molecule has 0 radical (unpaired) electrons. The molecule has 3 nitrogen and oxygen atoms in total. The van der Waals surface area contributed by atoms with E-state index in [4.69, 9.17) is 4.74 Å². The number of hydrogen-bond acceptors (Lipinski definition) is 3. The first kappa shape index (κ1) is 13.2. The number of ether oxygens (including phenoxy) is 1. The second-order valence-corrected chi connectivity index (χ2v) is 4.64. The predicted octanol–water partition coefficient (Wildman–Crippen LogP) is 2.87. The van der Waals surface area contributed by atoms with Gasteiger partial charge in [0.2, 0.25) is 0 Å². The van der Waals surface area contributed by atoms with Gasteiger partial charge in [-0.1, -0.05) is 38.5 Å². The topological polar surface area (TPSA) is 43.4 Å². The van der Waals surface area contributed by atoms with Crippen molar-refractivity contribution >= 4 is 11.8 Å². The summed E-state index contributed by atoms with van der Waals surface area (Å²) in [5, 5.41) is 0. The van der Waals surface area contributed by atoms with Crippen molar-refractivity contribution in [3.63, 3.8) is 0 Å². The summed E-state index contributed by atoms with van der Waals surface area (Å²) in [6, 6.07) is 0. The van der Waals surface area contributed by atoms with E-state index >= 15 is 0 Å². The van der Waals surface area contributed by atoms with Gasteiger partial charge in [-0.3, -0.25) is 9.59 Å². The molecule has 1 aliphatic rings. The number of rotatable bonds is 3. The molecule has 0 aliphatic heterocycles. The Morgan fingerprint density at radius 1 is 1.00 bits per heavy atom. The van der Waals surface area contributed by atoms with Gasteiger partial charge in [0.05, 0.1) is 0 Å². The maximum Gasteiger partial charge on any atom is 0.303 e. The lowest BCUT2D eigenvalue weighted by molar-refractivity contribution is -0.147. The molecule has 0 saturated heterocycles. The first-order chi connectivity index (χ1) is 7.70. The highest BCUT2D eigenvalue weighted by atomic mass is 16.5. The summed E-state index contributed by atoms with van der Waals surface area (Å²) in [6.07, 6.45) is 9.28. The highest BCUT2D eigenvalue weighted by Gasteiger charge is 2.19. The Morgan fingerprint density at radius 2 is 1.50 bits per heavy atom. The van der Waals surface area contributed by atoms with Crippen molar-refractivity contribution in [2.75, 3.05) is 6.61 Å². The van der Waals surface area contributed by atoms with E-state index in [1.165, 1.54) is 32.6 Å². The Bertz CT molecular complexity index is 225. The van der Waals surface area contributed by atoms with Gasteiger partial charge in [0.15, 0.2) is 5.78 Å². The van der Waals surface area contributed by atoms with E-state index in [1.807, 2.05) is 0 Å². The zero-order chi connectivity index (χ0) is 11.8. The van der Waals surface area contributed by atoms with Gasteiger partial charge in [0.25, 0.3) is 0 Å². The van der Waals surface area contributed by atoms with Gasteiger partial charge in [0.1, 0.15) is 6.61 Å². The minimum Gasteiger partial charge on any atom is -0.458 e. The zero-order valence-corrected chi connectivity index (χ0v) is 10.2. The third kappa shape index (κ3) is 5.29. The van der Waals surface area contributed by atoms with Gasteiger partial charge in [0, 0.05) is 12.8 Å². The van der Waals surface area contributed by atoms with E-state index in [0.29, 0.717) is 0 Å². The molecule has 0 atom stereocenters. The van der Waals surface area contributed by atoms with Crippen LogP contribution in [0, 0.1) is 5.92 Å². The summed E-state index contributed by atoms with van der Waals surface area (Å²) in [6.45, 7) is 1.32. The van der Waals surface area contributed by atoms with Crippen LogP contribution in [-0.4, -0.2) is 18.4 Å². The van der Waals surface area contributed by atoms with Crippen LogP contribution in [0.2, 0.25) is 0 Å². The van der Waals surface area contributed by atoms with Crippen molar-refractivity contribution in [3.05, 3.63) is 0 Å². The zero-order valence-electron chi connectivity index (χ0n) is 10.2. The average Bonchev–Trinajstić information content (AvgIpc) is 2.38. The molecule has 0 bridgehead atoms. The summed E-state index contributed by atoms with van der Waals surface area (Å²) in [5.41, 5.74) is 0. The van der Waals surface area contributed by atoms with E-state index in [-0.39, 0.29) is 24.3 Å². The molecule has 0 heterocycles.